The monoisotopic (exact) mass is 200 g/mol. The van der Waals surface area contributed by atoms with Gasteiger partial charge in [-0.25, -0.2) is 0 Å². The molecule has 84 valence electrons. The minimum absolute atomic E-state index is 0.140. The molecule has 0 saturated carbocycles. The number of amides is 1. The number of carbonyl (C=O) groups is 1. The molecule has 0 aliphatic carbocycles. The number of carbonyl (C=O) groups excluding carboxylic acids is 1. The maximum absolute atomic E-state index is 11.2. The molecule has 3 nitrogen and oxygen atoms in total. The van der Waals surface area contributed by atoms with E-state index >= 15 is 0 Å². The van der Waals surface area contributed by atoms with Crippen LogP contribution in [0, 0.1) is 5.92 Å². The van der Waals surface area contributed by atoms with Crippen molar-refractivity contribution in [1.29, 1.82) is 0 Å². The highest BCUT2D eigenvalue weighted by molar-refractivity contribution is 5.73. The van der Waals surface area contributed by atoms with Gasteiger partial charge in [-0.3, -0.25) is 4.79 Å². The van der Waals surface area contributed by atoms with Crippen molar-refractivity contribution in [2.75, 3.05) is 14.1 Å². The van der Waals surface area contributed by atoms with E-state index in [1.165, 1.54) is 0 Å². The van der Waals surface area contributed by atoms with E-state index in [1.807, 2.05) is 19.0 Å². The van der Waals surface area contributed by atoms with E-state index in [4.69, 9.17) is 0 Å². The molecule has 0 bridgehead atoms. The van der Waals surface area contributed by atoms with Gasteiger partial charge in [-0.1, -0.05) is 6.92 Å². The Bertz CT molecular complexity index is 182. The van der Waals surface area contributed by atoms with E-state index in [2.05, 4.69) is 26.1 Å². The van der Waals surface area contributed by atoms with Gasteiger partial charge in [-0.2, -0.15) is 0 Å². The molecule has 0 aromatic carbocycles. The summed E-state index contributed by atoms with van der Waals surface area (Å²) in [5.41, 5.74) is 0. The van der Waals surface area contributed by atoms with Crippen LogP contribution >= 0.6 is 0 Å². The van der Waals surface area contributed by atoms with Crippen LogP contribution in [0.25, 0.3) is 0 Å². The number of rotatable bonds is 5. The Kier molecular flexibility index (Phi) is 5.77. The lowest BCUT2D eigenvalue weighted by atomic mass is 9.95. The molecular formula is C11H24N2O. The first kappa shape index (κ1) is 13.4. The number of hydrogen-bond acceptors (Lipinski definition) is 2. The van der Waals surface area contributed by atoms with E-state index in [1.54, 1.807) is 6.92 Å². The molecule has 0 aromatic heterocycles. The zero-order chi connectivity index (χ0) is 11.3. The molecule has 0 aliphatic rings. The largest absolute Gasteiger partial charge is 0.343 e. The first-order chi connectivity index (χ1) is 6.40. The lowest BCUT2D eigenvalue weighted by Gasteiger charge is -2.30. The standard InChI is InChI=1S/C11H24N2O/c1-8(7-9(2)12-5)10(3)13(6)11(4)14/h8-10,12H,7H2,1-6H3. The molecule has 14 heavy (non-hydrogen) atoms. The predicted octanol–water partition coefficient (Wildman–Crippen LogP) is 1.49. The molecule has 0 spiro atoms. The minimum Gasteiger partial charge on any atom is -0.343 e. The van der Waals surface area contributed by atoms with E-state index < -0.39 is 0 Å². The molecule has 0 rings (SSSR count). The van der Waals surface area contributed by atoms with Crippen molar-refractivity contribution < 1.29 is 4.79 Å². The molecule has 0 radical (unpaired) electrons. The van der Waals surface area contributed by atoms with Crippen LogP contribution in [-0.4, -0.2) is 37.0 Å². The van der Waals surface area contributed by atoms with Crippen LogP contribution in [0.4, 0.5) is 0 Å². The van der Waals surface area contributed by atoms with Gasteiger partial charge in [0.05, 0.1) is 0 Å². The van der Waals surface area contributed by atoms with E-state index in [9.17, 15) is 4.79 Å². The van der Waals surface area contributed by atoms with Crippen LogP contribution in [-0.2, 0) is 4.79 Å². The minimum atomic E-state index is 0.140. The van der Waals surface area contributed by atoms with Gasteiger partial charge in [-0.05, 0) is 33.2 Å². The molecule has 0 heterocycles. The Labute approximate surface area is 87.9 Å². The average Bonchev–Trinajstić information content (AvgIpc) is 2.14. The summed E-state index contributed by atoms with van der Waals surface area (Å²) in [7, 11) is 3.84. The topological polar surface area (TPSA) is 32.3 Å². The summed E-state index contributed by atoms with van der Waals surface area (Å²) in [6.45, 7) is 8.08. The second-order valence-corrected chi connectivity index (χ2v) is 4.27. The Morgan fingerprint density at radius 3 is 2.21 bits per heavy atom. The smallest absolute Gasteiger partial charge is 0.219 e. The van der Waals surface area contributed by atoms with Crippen LogP contribution < -0.4 is 5.32 Å². The van der Waals surface area contributed by atoms with Crippen molar-refractivity contribution in [2.45, 2.75) is 46.2 Å². The lowest BCUT2D eigenvalue weighted by molar-refractivity contribution is -0.130. The van der Waals surface area contributed by atoms with Crippen LogP contribution in [0.1, 0.15) is 34.1 Å². The predicted molar refractivity (Wildman–Crippen MR) is 60.2 cm³/mol. The molecule has 3 atom stereocenters. The molecule has 0 fully saturated rings. The third-order valence-corrected chi connectivity index (χ3v) is 3.15. The Morgan fingerprint density at radius 2 is 1.86 bits per heavy atom. The van der Waals surface area contributed by atoms with Crippen molar-refractivity contribution >= 4 is 5.91 Å². The van der Waals surface area contributed by atoms with Gasteiger partial charge in [0.1, 0.15) is 0 Å². The second-order valence-electron chi connectivity index (χ2n) is 4.27. The Morgan fingerprint density at radius 1 is 1.36 bits per heavy atom. The summed E-state index contributed by atoms with van der Waals surface area (Å²) in [4.78, 5) is 13.0. The highest BCUT2D eigenvalue weighted by atomic mass is 16.2. The third kappa shape index (κ3) is 4.09. The van der Waals surface area contributed by atoms with E-state index in [0.717, 1.165) is 6.42 Å². The Hall–Kier alpha value is -0.570. The number of nitrogens with zero attached hydrogens (tertiary/aromatic N) is 1. The zero-order valence-electron chi connectivity index (χ0n) is 10.3. The van der Waals surface area contributed by atoms with Gasteiger partial charge in [-0.15, -0.1) is 0 Å². The summed E-state index contributed by atoms with van der Waals surface area (Å²) >= 11 is 0. The van der Waals surface area contributed by atoms with Crippen LogP contribution in [0.5, 0.6) is 0 Å². The van der Waals surface area contributed by atoms with Gasteiger partial charge < -0.3 is 10.2 Å². The maximum Gasteiger partial charge on any atom is 0.219 e. The first-order valence-corrected chi connectivity index (χ1v) is 5.30. The summed E-state index contributed by atoms with van der Waals surface area (Å²) in [6, 6.07) is 0.816. The molecular weight excluding hydrogens is 176 g/mol. The highest BCUT2D eigenvalue weighted by Gasteiger charge is 2.20. The summed E-state index contributed by atoms with van der Waals surface area (Å²) in [5, 5.41) is 3.22. The van der Waals surface area contributed by atoms with E-state index in [-0.39, 0.29) is 5.91 Å². The van der Waals surface area contributed by atoms with Crippen molar-refractivity contribution in [3.63, 3.8) is 0 Å². The quantitative estimate of drug-likeness (QED) is 0.729. The van der Waals surface area contributed by atoms with Crippen molar-refractivity contribution in [1.82, 2.24) is 10.2 Å². The van der Waals surface area contributed by atoms with Gasteiger partial charge in [0.15, 0.2) is 0 Å². The molecule has 0 aromatic rings. The van der Waals surface area contributed by atoms with Gasteiger partial charge in [0, 0.05) is 26.1 Å². The van der Waals surface area contributed by atoms with Crippen molar-refractivity contribution in [3.05, 3.63) is 0 Å². The van der Waals surface area contributed by atoms with Crippen LogP contribution in [0.3, 0.4) is 0 Å². The summed E-state index contributed by atoms with van der Waals surface area (Å²) < 4.78 is 0. The molecule has 1 amide bonds. The van der Waals surface area contributed by atoms with Crippen LogP contribution in [0.15, 0.2) is 0 Å². The Balaban J connectivity index is 4.10. The summed E-state index contributed by atoms with van der Waals surface area (Å²) in [5.74, 6) is 0.660. The third-order valence-electron chi connectivity index (χ3n) is 3.15. The fraction of sp³-hybridized carbons (Fsp3) is 0.909. The molecule has 3 heteroatoms. The molecule has 0 saturated heterocycles. The number of nitrogens with one attached hydrogen (secondary N) is 1. The fourth-order valence-corrected chi connectivity index (χ4v) is 1.54. The SMILES string of the molecule is CNC(C)CC(C)C(C)N(C)C(C)=O. The van der Waals surface area contributed by atoms with Crippen molar-refractivity contribution in [3.8, 4) is 0 Å². The molecule has 1 N–H and O–H groups in total. The van der Waals surface area contributed by atoms with E-state index in [0.29, 0.717) is 18.0 Å². The maximum atomic E-state index is 11.2. The second kappa shape index (κ2) is 6.02. The molecule has 3 unspecified atom stereocenters. The number of hydrogen-bond donors (Lipinski definition) is 1. The molecule has 0 aliphatic heterocycles. The normalized spacial score (nSPS) is 17.3. The fourth-order valence-electron chi connectivity index (χ4n) is 1.54. The summed E-state index contributed by atoms with van der Waals surface area (Å²) in [6.07, 6.45) is 1.09. The first-order valence-electron chi connectivity index (χ1n) is 5.30. The highest BCUT2D eigenvalue weighted by Crippen LogP contribution is 2.15. The van der Waals surface area contributed by atoms with Gasteiger partial charge in [0.2, 0.25) is 5.91 Å². The average molecular weight is 200 g/mol. The zero-order valence-corrected chi connectivity index (χ0v) is 10.3. The lowest BCUT2D eigenvalue weighted by Crippen LogP contribution is -2.39. The van der Waals surface area contributed by atoms with Crippen LogP contribution in [0.2, 0.25) is 0 Å². The van der Waals surface area contributed by atoms with Gasteiger partial charge >= 0.3 is 0 Å². The van der Waals surface area contributed by atoms with Gasteiger partial charge in [0.25, 0.3) is 0 Å². The van der Waals surface area contributed by atoms with Crippen molar-refractivity contribution in [2.24, 2.45) is 5.92 Å².